The van der Waals surface area contributed by atoms with Crippen molar-refractivity contribution in [2.75, 3.05) is 6.61 Å². The van der Waals surface area contributed by atoms with Gasteiger partial charge in [0, 0.05) is 0 Å². The Morgan fingerprint density at radius 3 is 2.55 bits per heavy atom. The minimum atomic E-state index is -0.752. The van der Waals surface area contributed by atoms with Gasteiger partial charge in [0.2, 0.25) is 0 Å². The van der Waals surface area contributed by atoms with Crippen LogP contribution in [0.3, 0.4) is 0 Å². The summed E-state index contributed by atoms with van der Waals surface area (Å²) in [5.74, 6) is 0.573. The van der Waals surface area contributed by atoms with Crippen molar-refractivity contribution in [3.63, 3.8) is 0 Å². The Labute approximate surface area is 183 Å². The summed E-state index contributed by atoms with van der Waals surface area (Å²) >= 11 is 0. The smallest absolute Gasteiger partial charge is 0.343 e. The number of hydrogen-bond acceptors (Lipinski definition) is 4. The van der Waals surface area contributed by atoms with Gasteiger partial charge in [-0.3, -0.25) is 0 Å². The van der Waals surface area contributed by atoms with E-state index in [0.717, 1.165) is 12.0 Å². The van der Waals surface area contributed by atoms with Crippen molar-refractivity contribution < 1.29 is 18.7 Å². The van der Waals surface area contributed by atoms with Crippen molar-refractivity contribution in [3.05, 3.63) is 71.6 Å². The number of rotatable bonds is 8. The average Bonchev–Trinajstić information content (AvgIpc) is 2.79. The Morgan fingerprint density at radius 1 is 1.16 bits per heavy atom. The highest BCUT2D eigenvalue weighted by atomic mass is 19.1. The zero-order chi connectivity index (χ0) is 22.1. The molecule has 0 saturated heterocycles. The summed E-state index contributed by atoms with van der Waals surface area (Å²) in [5, 5.41) is 8.77. The molecule has 0 N–H and O–H groups in total. The van der Waals surface area contributed by atoms with Crippen molar-refractivity contribution in [1.29, 1.82) is 5.26 Å². The minimum Gasteiger partial charge on any atom is -0.490 e. The Balaban J connectivity index is 1.45. The van der Waals surface area contributed by atoms with Crippen LogP contribution >= 0.6 is 0 Å². The van der Waals surface area contributed by atoms with E-state index in [0.29, 0.717) is 18.3 Å². The number of hydrogen-bond donors (Lipinski definition) is 0. The van der Waals surface area contributed by atoms with Crippen LogP contribution in [0.25, 0.3) is 0 Å². The molecular formula is C26H28FNO3. The Bertz CT molecular complexity index is 938. The average molecular weight is 422 g/mol. The van der Waals surface area contributed by atoms with Crippen LogP contribution in [0.5, 0.6) is 11.5 Å². The molecule has 1 saturated carbocycles. The molecule has 2 aromatic carbocycles. The molecule has 5 heteroatoms. The van der Waals surface area contributed by atoms with Crippen molar-refractivity contribution >= 4 is 5.97 Å². The van der Waals surface area contributed by atoms with Gasteiger partial charge in [0.25, 0.3) is 0 Å². The molecule has 0 bridgehead atoms. The van der Waals surface area contributed by atoms with Crippen LogP contribution in [0.1, 0.15) is 61.4 Å². The number of nitrogens with zero attached hydrogens (tertiary/aromatic N) is 1. The van der Waals surface area contributed by atoms with Crippen LogP contribution < -0.4 is 9.47 Å². The number of allylic oxidation sites excluding steroid dienone is 1. The molecule has 0 radical (unpaired) electrons. The summed E-state index contributed by atoms with van der Waals surface area (Å²) in [6.07, 6.45) is 12.1. The largest absolute Gasteiger partial charge is 0.490 e. The molecule has 1 aliphatic carbocycles. The predicted octanol–water partition coefficient (Wildman–Crippen LogP) is 6.46. The number of ether oxygens (including phenoxy) is 2. The molecule has 1 fully saturated rings. The number of esters is 1. The number of nitriles is 1. The molecule has 1 aliphatic rings. The van der Waals surface area contributed by atoms with Gasteiger partial charge in [0.05, 0.1) is 17.2 Å². The zero-order valence-corrected chi connectivity index (χ0v) is 17.9. The van der Waals surface area contributed by atoms with Crippen LogP contribution in [-0.4, -0.2) is 12.6 Å². The molecule has 0 aliphatic heterocycles. The first-order valence-electron chi connectivity index (χ1n) is 10.9. The topological polar surface area (TPSA) is 59.3 Å². The van der Waals surface area contributed by atoms with Crippen LogP contribution in [0.15, 0.2) is 54.6 Å². The number of halogens is 1. The van der Waals surface area contributed by atoms with Crippen LogP contribution in [0.4, 0.5) is 4.39 Å². The molecule has 0 spiro atoms. The fourth-order valence-electron chi connectivity index (χ4n) is 3.97. The lowest BCUT2D eigenvalue weighted by Crippen LogP contribution is -2.13. The third-order valence-electron chi connectivity index (χ3n) is 5.70. The van der Waals surface area contributed by atoms with Crippen molar-refractivity contribution in [3.8, 4) is 17.6 Å². The second kappa shape index (κ2) is 11.3. The molecule has 0 atom stereocenters. The van der Waals surface area contributed by atoms with E-state index in [9.17, 15) is 9.18 Å². The maximum Gasteiger partial charge on any atom is 0.343 e. The lowest BCUT2D eigenvalue weighted by molar-refractivity contribution is 0.0728. The molecule has 3 rings (SSSR count). The van der Waals surface area contributed by atoms with Crippen molar-refractivity contribution in [2.45, 2.75) is 45.4 Å². The van der Waals surface area contributed by atoms with E-state index in [2.05, 4.69) is 19.1 Å². The Morgan fingerprint density at radius 2 is 1.90 bits per heavy atom. The first-order valence-corrected chi connectivity index (χ1v) is 10.9. The maximum atomic E-state index is 13.9. The van der Waals surface area contributed by atoms with Crippen LogP contribution in [0.2, 0.25) is 0 Å². The van der Waals surface area contributed by atoms with Gasteiger partial charge in [-0.2, -0.15) is 5.26 Å². The molecule has 2 aromatic rings. The standard InChI is InChI=1S/C26H28FNO3/c1-2-4-19-6-8-20(9-7-19)5-3-16-30-23-13-11-22(12-14-23)26(29)31-25-15-10-21(18-28)17-24(25)27/h3,5,10-15,17,19-20H,2,4,6-9,16H2,1H3/b5-3+. The number of benzene rings is 2. The molecule has 0 aromatic heterocycles. The van der Waals surface area contributed by atoms with Gasteiger partial charge in [-0.1, -0.05) is 31.9 Å². The lowest BCUT2D eigenvalue weighted by Gasteiger charge is -2.26. The Hall–Kier alpha value is -3.13. The maximum absolute atomic E-state index is 13.9. The summed E-state index contributed by atoms with van der Waals surface area (Å²) in [5.41, 5.74) is 0.451. The van der Waals surface area contributed by atoms with Crippen molar-refractivity contribution in [2.24, 2.45) is 11.8 Å². The second-order valence-corrected chi connectivity index (χ2v) is 7.98. The first kappa shape index (κ1) is 22.6. The fraction of sp³-hybridized carbons (Fsp3) is 0.385. The summed E-state index contributed by atoms with van der Waals surface area (Å²) in [4.78, 5) is 12.2. The highest BCUT2D eigenvalue weighted by molar-refractivity contribution is 5.91. The van der Waals surface area contributed by atoms with Gasteiger partial charge in [0.1, 0.15) is 12.4 Å². The van der Waals surface area contributed by atoms with Gasteiger partial charge in [0.15, 0.2) is 11.6 Å². The first-order chi connectivity index (χ1) is 15.1. The van der Waals surface area contributed by atoms with Gasteiger partial charge in [-0.05, 0) is 80.0 Å². The normalized spacial score (nSPS) is 18.5. The quantitative estimate of drug-likeness (QED) is 0.279. The minimum absolute atomic E-state index is 0.164. The molecule has 162 valence electrons. The highest BCUT2D eigenvalue weighted by Crippen LogP contribution is 2.32. The third-order valence-corrected chi connectivity index (χ3v) is 5.70. The Kier molecular flexibility index (Phi) is 8.23. The highest BCUT2D eigenvalue weighted by Gasteiger charge is 2.18. The van der Waals surface area contributed by atoms with E-state index >= 15 is 0 Å². The molecule has 0 amide bonds. The summed E-state index contributed by atoms with van der Waals surface area (Å²) in [7, 11) is 0. The summed E-state index contributed by atoms with van der Waals surface area (Å²) in [6.45, 7) is 2.74. The van der Waals surface area contributed by atoms with Crippen molar-refractivity contribution in [1.82, 2.24) is 0 Å². The van der Waals surface area contributed by atoms with Gasteiger partial charge in [-0.25, -0.2) is 9.18 Å². The zero-order valence-electron chi connectivity index (χ0n) is 17.9. The van der Waals surface area contributed by atoms with E-state index in [-0.39, 0.29) is 16.9 Å². The van der Waals surface area contributed by atoms with E-state index in [4.69, 9.17) is 14.7 Å². The third kappa shape index (κ3) is 6.68. The molecule has 4 nitrogen and oxygen atoms in total. The second-order valence-electron chi connectivity index (χ2n) is 7.98. The van der Waals surface area contributed by atoms with E-state index < -0.39 is 11.8 Å². The predicted molar refractivity (Wildman–Crippen MR) is 118 cm³/mol. The van der Waals surface area contributed by atoms with Gasteiger partial charge in [-0.15, -0.1) is 0 Å². The van der Waals surface area contributed by atoms with E-state index in [1.807, 2.05) is 6.07 Å². The molecule has 0 unspecified atom stereocenters. The molecular weight excluding hydrogens is 393 g/mol. The molecule has 0 heterocycles. The SMILES string of the molecule is CCCC1CCC(/C=C/COc2ccc(C(=O)Oc3ccc(C#N)cc3F)cc2)CC1. The number of carbonyl (C=O) groups is 1. The van der Waals surface area contributed by atoms with Gasteiger partial charge >= 0.3 is 5.97 Å². The molecule has 31 heavy (non-hydrogen) atoms. The van der Waals surface area contributed by atoms with E-state index in [1.54, 1.807) is 24.3 Å². The number of carbonyl (C=O) groups excluding carboxylic acids is 1. The van der Waals surface area contributed by atoms with Gasteiger partial charge < -0.3 is 9.47 Å². The van der Waals surface area contributed by atoms with E-state index in [1.165, 1.54) is 50.7 Å². The van der Waals surface area contributed by atoms with Crippen LogP contribution in [-0.2, 0) is 0 Å². The van der Waals surface area contributed by atoms with Crippen LogP contribution in [0, 0.1) is 29.0 Å². The fourth-order valence-corrected chi connectivity index (χ4v) is 3.97. The monoisotopic (exact) mass is 421 g/mol. The summed E-state index contributed by atoms with van der Waals surface area (Å²) in [6, 6.07) is 12.1. The lowest BCUT2D eigenvalue weighted by atomic mass is 9.80. The summed E-state index contributed by atoms with van der Waals surface area (Å²) < 4.78 is 24.7.